The number of aryl methyl sites for hydroxylation is 2. The highest BCUT2D eigenvalue weighted by Crippen LogP contribution is 2.19. The molecule has 146 valence electrons. The lowest BCUT2D eigenvalue weighted by Crippen LogP contribution is -2.30. The van der Waals surface area contributed by atoms with Crippen LogP contribution in [0.5, 0.6) is 0 Å². The Labute approximate surface area is 162 Å². The second kappa shape index (κ2) is 7.63. The van der Waals surface area contributed by atoms with Crippen LogP contribution in [-0.2, 0) is 16.6 Å². The third-order valence-electron chi connectivity index (χ3n) is 4.51. The molecule has 0 spiro atoms. The monoisotopic (exact) mass is 382 g/mol. The molecule has 0 aliphatic heterocycles. The molecule has 9 heteroatoms. The number of rotatable bonds is 5. The molecule has 28 heavy (non-hydrogen) atoms. The van der Waals surface area contributed by atoms with Gasteiger partial charge in [-0.05, 0) is 39.8 Å². The van der Waals surface area contributed by atoms with Crippen molar-refractivity contribution in [2.75, 3.05) is 5.32 Å². The van der Waals surface area contributed by atoms with Gasteiger partial charge in [0, 0.05) is 13.2 Å². The molecule has 0 saturated heterocycles. The van der Waals surface area contributed by atoms with Crippen LogP contribution in [0.25, 0.3) is 5.82 Å². The van der Waals surface area contributed by atoms with Crippen LogP contribution in [0, 0.1) is 20.8 Å². The summed E-state index contributed by atoms with van der Waals surface area (Å²) >= 11 is 0. The number of carbonyl (C=O) groups is 2. The summed E-state index contributed by atoms with van der Waals surface area (Å²) in [6, 6.07) is 5.41. The topological polar surface area (TPSA) is 104 Å². The Morgan fingerprint density at radius 1 is 1.18 bits per heavy atom. The van der Waals surface area contributed by atoms with Crippen molar-refractivity contribution in [3.05, 3.63) is 53.2 Å². The maximum atomic E-state index is 12.5. The molecule has 0 bridgehead atoms. The van der Waals surface area contributed by atoms with Crippen LogP contribution < -0.4 is 5.32 Å². The molecular weight excluding hydrogens is 360 g/mol. The quantitative estimate of drug-likeness (QED) is 0.678. The predicted molar refractivity (Wildman–Crippen MR) is 102 cm³/mol. The molecule has 3 heterocycles. The normalized spacial score (nSPS) is 11.9. The van der Waals surface area contributed by atoms with E-state index in [-0.39, 0.29) is 5.56 Å². The second-order valence-electron chi connectivity index (χ2n) is 6.45. The fourth-order valence-electron chi connectivity index (χ4n) is 2.78. The van der Waals surface area contributed by atoms with Crippen molar-refractivity contribution in [1.82, 2.24) is 24.5 Å². The number of hydrogen-bond donors (Lipinski definition) is 1. The highest BCUT2D eigenvalue weighted by Gasteiger charge is 2.24. The first-order valence-electron chi connectivity index (χ1n) is 8.77. The van der Waals surface area contributed by atoms with Crippen molar-refractivity contribution in [1.29, 1.82) is 0 Å². The van der Waals surface area contributed by atoms with Crippen LogP contribution in [0.15, 0.2) is 30.6 Å². The van der Waals surface area contributed by atoms with Crippen molar-refractivity contribution in [2.45, 2.75) is 33.8 Å². The van der Waals surface area contributed by atoms with E-state index in [9.17, 15) is 9.59 Å². The highest BCUT2D eigenvalue weighted by atomic mass is 16.5. The average molecular weight is 382 g/mol. The smallest absolute Gasteiger partial charge is 0.342 e. The van der Waals surface area contributed by atoms with Gasteiger partial charge >= 0.3 is 5.97 Å². The van der Waals surface area contributed by atoms with Gasteiger partial charge in [0.05, 0.1) is 29.0 Å². The van der Waals surface area contributed by atoms with Gasteiger partial charge in [-0.3, -0.25) is 9.48 Å². The van der Waals surface area contributed by atoms with E-state index in [1.165, 1.54) is 13.1 Å². The summed E-state index contributed by atoms with van der Waals surface area (Å²) < 4.78 is 8.56. The van der Waals surface area contributed by atoms with Crippen molar-refractivity contribution in [2.24, 2.45) is 7.05 Å². The van der Waals surface area contributed by atoms with Gasteiger partial charge in [0.1, 0.15) is 5.56 Å². The number of nitrogens with one attached hydrogen (secondary N) is 1. The minimum Gasteiger partial charge on any atom is -0.449 e. The van der Waals surface area contributed by atoms with Gasteiger partial charge in [0.2, 0.25) is 0 Å². The Hall–Kier alpha value is -3.49. The summed E-state index contributed by atoms with van der Waals surface area (Å²) in [6.45, 7) is 6.91. The molecule has 1 amide bonds. The van der Waals surface area contributed by atoms with Crippen molar-refractivity contribution in [3.63, 3.8) is 0 Å². The van der Waals surface area contributed by atoms with Crippen molar-refractivity contribution >= 4 is 17.6 Å². The number of nitrogens with zero attached hydrogens (tertiary/aromatic N) is 5. The number of ether oxygens (including phenoxy) is 1. The third kappa shape index (κ3) is 3.64. The summed E-state index contributed by atoms with van der Waals surface area (Å²) in [5, 5.41) is 11.2. The average Bonchev–Trinajstić information content (AvgIpc) is 3.17. The Morgan fingerprint density at radius 3 is 2.54 bits per heavy atom. The van der Waals surface area contributed by atoms with Crippen LogP contribution in [0.1, 0.15) is 34.4 Å². The zero-order valence-corrected chi connectivity index (χ0v) is 16.4. The van der Waals surface area contributed by atoms with E-state index in [0.717, 1.165) is 5.69 Å². The summed E-state index contributed by atoms with van der Waals surface area (Å²) in [7, 11) is 1.80. The van der Waals surface area contributed by atoms with Crippen LogP contribution in [0.2, 0.25) is 0 Å². The van der Waals surface area contributed by atoms with E-state index in [1.54, 1.807) is 48.6 Å². The first-order valence-corrected chi connectivity index (χ1v) is 8.77. The minimum absolute atomic E-state index is 0.277. The van der Waals surface area contributed by atoms with Crippen LogP contribution >= 0.6 is 0 Å². The van der Waals surface area contributed by atoms with E-state index in [0.29, 0.717) is 22.9 Å². The summed E-state index contributed by atoms with van der Waals surface area (Å²) in [5.41, 5.74) is 2.99. The predicted octanol–water partition coefficient (Wildman–Crippen LogP) is 2.11. The summed E-state index contributed by atoms with van der Waals surface area (Å²) in [4.78, 5) is 29.2. The molecule has 3 aromatic heterocycles. The number of esters is 1. The van der Waals surface area contributed by atoms with Gasteiger partial charge in [-0.2, -0.15) is 10.2 Å². The lowest BCUT2D eigenvalue weighted by atomic mass is 10.2. The fraction of sp³-hybridized carbons (Fsp3) is 0.316. The third-order valence-corrected chi connectivity index (χ3v) is 4.51. The molecule has 0 fully saturated rings. The van der Waals surface area contributed by atoms with Gasteiger partial charge < -0.3 is 10.1 Å². The minimum atomic E-state index is -0.982. The van der Waals surface area contributed by atoms with Crippen LogP contribution in [-0.4, -0.2) is 42.5 Å². The van der Waals surface area contributed by atoms with E-state index < -0.39 is 18.0 Å². The van der Waals surface area contributed by atoms with Crippen molar-refractivity contribution < 1.29 is 14.3 Å². The van der Waals surface area contributed by atoms with E-state index in [4.69, 9.17) is 4.74 Å². The molecule has 0 radical (unpaired) electrons. The molecule has 1 N–H and O–H groups in total. The van der Waals surface area contributed by atoms with Gasteiger partial charge in [-0.15, -0.1) is 0 Å². The molecule has 0 aliphatic carbocycles. The van der Waals surface area contributed by atoms with Crippen LogP contribution in [0.4, 0.5) is 5.69 Å². The molecule has 3 aromatic rings. The zero-order valence-electron chi connectivity index (χ0n) is 16.4. The van der Waals surface area contributed by atoms with E-state index >= 15 is 0 Å². The molecule has 1 atom stereocenters. The molecule has 3 rings (SSSR count). The summed E-state index contributed by atoms with van der Waals surface area (Å²) in [6.07, 6.45) is 2.07. The zero-order chi connectivity index (χ0) is 20.4. The molecule has 0 aliphatic rings. The van der Waals surface area contributed by atoms with Gasteiger partial charge in [0.25, 0.3) is 5.91 Å². The molecule has 1 unspecified atom stereocenters. The Kier molecular flexibility index (Phi) is 5.25. The Morgan fingerprint density at radius 2 is 1.93 bits per heavy atom. The second-order valence-corrected chi connectivity index (χ2v) is 6.45. The van der Waals surface area contributed by atoms with Gasteiger partial charge in [0.15, 0.2) is 11.9 Å². The fourth-order valence-corrected chi connectivity index (χ4v) is 2.78. The first-order chi connectivity index (χ1) is 13.3. The number of aromatic nitrogens is 5. The molecule has 0 aromatic carbocycles. The Bertz CT molecular complexity index is 1020. The maximum Gasteiger partial charge on any atom is 0.342 e. The first kappa shape index (κ1) is 19.3. The van der Waals surface area contributed by atoms with E-state index in [2.05, 4.69) is 20.5 Å². The lowest BCUT2D eigenvalue weighted by molar-refractivity contribution is -0.123. The molecule has 0 saturated carbocycles. The summed E-state index contributed by atoms with van der Waals surface area (Å²) in [5.74, 6) is -0.461. The van der Waals surface area contributed by atoms with Crippen molar-refractivity contribution in [3.8, 4) is 5.82 Å². The van der Waals surface area contributed by atoms with E-state index in [1.807, 2.05) is 13.0 Å². The lowest BCUT2D eigenvalue weighted by Gasteiger charge is -2.13. The Balaban J connectivity index is 1.71. The number of anilines is 1. The van der Waals surface area contributed by atoms with Crippen LogP contribution in [0.3, 0.4) is 0 Å². The largest absolute Gasteiger partial charge is 0.449 e. The number of pyridine rings is 1. The standard InChI is InChI=1S/C19H22N6O3/c1-11-17(13(3)24(5)23-11)22-18(26)14(4)28-19(27)15-10-21-25(12(15)2)16-8-6-7-9-20-16/h6-10,14H,1-5H3,(H,22,26). The molecule has 9 nitrogen and oxygen atoms in total. The number of carbonyl (C=O) groups excluding carboxylic acids is 2. The van der Waals surface area contributed by atoms with Gasteiger partial charge in [-0.1, -0.05) is 6.07 Å². The SMILES string of the molecule is Cc1nn(C)c(C)c1NC(=O)C(C)OC(=O)c1cnn(-c2ccccn2)c1C. The molecular formula is C19H22N6O3. The highest BCUT2D eigenvalue weighted by molar-refractivity contribution is 5.98. The van der Waals surface area contributed by atoms with Gasteiger partial charge in [-0.25, -0.2) is 14.5 Å². The number of hydrogen-bond acceptors (Lipinski definition) is 6. The number of amides is 1. The maximum absolute atomic E-state index is 12.5.